The summed E-state index contributed by atoms with van der Waals surface area (Å²) in [6.07, 6.45) is 1.49. The minimum absolute atomic E-state index is 0.247. The monoisotopic (exact) mass is 158 g/mol. The van der Waals surface area contributed by atoms with Gasteiger partial charge in [0.15, 0.2) is 0 Å². The van der Waals surface area contributed by atoms with E-state index in [1.54, 1.807) is 0 Å². The summed E-state index contributed by atoms with van der Waals surface area (Å²) >= 11 is 0. The van der Waals surface area contributed by atoms with Crippen LogP contribution in [0.15, 0.2) is 0 Å². The van der Waals surface area contributed by atoms with E-state index in [-0.39, 0.29) is 17.3 Å². The molecule has 0 amide bonds. The molecule has 0 aromatic carbocycles. The van der Waals surface area contributed by atoms with Crippen LogP contribution in [0.4, 0.5) is 0 Å². The van der Waals surface area contributed by atoms with Crippen LogP contribution in [0.5, 0.6) is 0 Å². The second-order valence-electron chi connectivity index (χ2n) is 3.88. The van der Waals surface area contributed by atoms with E-state index in [2.05, 4.69) is 13.8 Å². The minimum atomic E-state index is -0.327. The van der Waals surface area contributed by atoms with E-state index in [1.807, 2.05) is 13.8 Å². The molecule has 0 saturated carbocycles. The summed E-state index contributed by atoms with van der Waals surface area (Å²) in [7, 11) is 0. The van der Waals surface area contributed by atoms with Gasteiger partial charge in [-0.05, 0) is 26.7 Å². The van der Waals surface area contributed by atoms with Crippen molar-refractivity contribution < 1.29 is 9.84 Å². The maximum atomic E-state index is 9.76. The lowest BCUT2D eigenvalue weighted by atomic mass is 9.75. The van der Waals surface area contributed by atoms with Crippen molar-refractivity contribution in [2.75, 3.05) is 0 Å². The molecule has 1 heterocycles. The Bertz CT molecular complexity index is 148. The fourth-order valence-corrected chi connectivity index (χ4v) is 1.99. The Hall–Kier alpha value is -0.0800. The Morgan fingerprint density at radius 3 is 1.82 bits per heavy atom. The lowest BCUT2D eigenvalue weighted by molar-refractivity contribution is -0.336. The first-order valence-electron chi connectivity index (χ1n) is 4.37. The van der Waals surface area contributed by atoms with E-state index in [4.69, 9.17) is 4.74 Å². The fraction of sp³-hybridized carbons (Fsp3) is 1.00. The molecule has 1 N–H and O–H groups in total. The fourth-order valence-electron chi connectivity index (χ4n) is 1.99. The second kappa shape index (κ2) is 2.46. The summed E-state index contributed by atoms with van der Waals surface area (Å²) in [6.45, 7) is 7.98. The molecular formula is C9H18O2. The molecule has 1 rings (SSSR count). The van der Waals surface area contributed by atoms with Gasteiger partial charge in [-0.3, -0.25) is 0 Å². The van der Waals surface area contributed by atoms with Gasteiger partial charge in [-0.15, -0.1) is 0 Å². The predicted octanol–water partition coefficient (Wildman–Crippen LogP) is 1.71. The van der Waals surface area contributed by atoms with Gasteiger partial charge in [-0.1, -0.05) is 13.8 Å². The SMILES string of the molecule is CCC1(CC)OC(C)(C)C1O. The summed E-state index contributed by atoms with van der Waals surface area (Å²) in [5, 5.41) is 9.76. The van der Waals surface area contributed by atoms with E-state index in [1.165, 1.54) is 0 Å². The van der Waals surface area contributed by atoms with E-state index in [0.29, 0.717) is 0 Å². The lowest BCUT2D eigenvalue weighted by Gasteiger charge is -2.57. The molecule has 0 spiro atoms. The van der Waals surface area contributed by atoms with Crippen LogP contribution < -0.4 is 0 Å². The number of hydrogen-bond acceptors (Lipinski definition) is 2. The number of aliphatic hydroxyl groups is 1. The number of aliphatic hydroxyl groups excluding tert-OH is 1. The van der Waals surface area contributed by atoms with Crippen LogP contribution in [0.3, 0.4) is 0 Å². The number of rotatable bonds is 2. The van der Waals surface area contributed by atoms with E-state index < -0.39 is 0 Å². The molecule has 1 aliphatic rings. The summed E-state index contributed by atoms with van der Waals surface area (Å²) < 4.78 is 5.67. The van der Waals surface area contributed by atoms with Crippen LogP contribution in [0.25, 0.3) is 0 Å². The summed E-state index contributed by atoms with van der Waals surface area (Å²) in [4.78, 5) is 0. The van der Waals surface area contributed by atoms with Gasteiger partial charge in [0.05, 0.1) is 11.2 Å². The molecule has 0 radical (unpaired) electrons. The van der Waals surface area contributed by atoms with Gasteiger partial charge in [0.1, 0.15) is 6.10 Å². The maximum absolute atomic E-state index is 9.76. The number of ether oxygens (including phenoxy) is 1. The van der Waals surface area contributed by atoms with Crippen molar-refractivity contribution in [1.82, 2.24) is 0 Å². The van der Waals surface area contributed by atoms with Gasteiger partial charge in [0.2, 0.25) is 0 Å². The minimum Gasteiger partial charge on any atom is -0.387 e. The Morgan fingerprint density at radius 1 is 1.27 bits per heavy atom. The van der Waals surface area contributed by atoms with Crippen LogP contribution in [-0.2, 0) is 4.74 Å². The lowest BCUT2D eigenvalue weighted by Crippen LogP contribution is -2.69. The topological polar surface area (TPSA) is 29.5 Å². The highest BCUT2D eigenvalue weighted by Crippen LogP contribution is 2.45. The predicted molar refractivity (Wildman–Crippen MR) is 44.5 cm³/mol. The van der Waals surface area contributed by atoms with Crippen LogP contribution in [0.2, 0.25) is 0 Å². The molecule has 1 saturated heterocycles. The van der Waals surface area contributed by atoms with Crippen LogP contribution >= 0.6 is 0 Å². The van der Waals surface area contributed by atoms with Crippen molar-refractivity contribution in [1.29, 1.82) is 0 Å². The highest BCUT2D eigenvalue weighted by atomic mass is 16.6. The second-order valence-corrected chi connectivity index (χ2v) is 3.88. The van der Waals surface area contributed by atoms with Crippen LogP contribution in [0, 0.1) is 0 Å². The van der Waals surface area contributed by atoms with Gasteiger partial charge < -0.3 is 9.84 Å². The van der Waals surface area contributed by atoms with E-state index in [9.17, 15) is 5.11 Å². The van der Waals surface area contributed by atoms with Crippen molar-refractivity contribution in [2.24, 2.45) is 0 Å². The molecule has 0 aromatic rings. The summed E-state index contributed by atoms with van der Waals surface area (Å²) in [6, 6.07) is 0. The molecule has 0 aliphatic carbocycles. The molecule has 11 heavy (non-hydrogen) atoms. The van der Waals surface area contributed by atoms with Crippen molar-refractivity contribution in [3.63, 3.8) is 0 Å². The first-order chi connectivity index (χ1) is 4.98. The van der Waals surface area contributed by atoms with E-state index in [0.717, 1.165) is 12.8 Å². The zero-order chi connectivity index (χ0) is 8.70. The normalized spacial score (nSPS) is 33.0. The third kappa shape index (κ3) is 1.09. The van der Waals surface area contributed by atoms with Crippen molar-refractivity contribution in [3.05, 3.63) is 0 Å². The molecule has 1 unspecified atom stereocenters. The average Bonchev–Trinajstić information content (AvgIpc) is 1.99. The summed E-state index contributed by atoms with van der Waals surface area (Å²) in [5.41, 5.74) is -0.574. The quantitative estimate of drug-likeness (QED) is 0.663. The zero-order valence-electron chi connectivity index (χ0n) is 7.85. The smallest absolute Gasteiger partial charge is 0.111 e. The molecule has 0 bridgehead atoms. The first kappa shape index (κ1) is 9.01. The first-order valence-corrected chi connectivity index (χ1v) is 4.37. The number of hydrogen-bond donors (Lipinski definition) is 1. The highest BCUT2D eigenvalue weighted by Gasteiger charge is 2.57. The molecule has 2 heteroatoms. The molecule has 1 aliphatic heterocycles. The molecule has 0 aromatic heterocycles. The van der Waals surface area contributed by atoms with Crippen LogP contribution in [0.1, 0.15) is 40.5 Å². The molecule has 1 atom stereocenters. The highest BCUT2D eigenvalue weighted by molar-refractivity contribution is 5.06. The van der Waals surface area contributed by atoms with Gasteiger partial charge in [0, 0.05) is 0 Å². The van der Waals surface area contributed by atoms with Crippen molar-refractivity contribution in [3.8, 4) is 0 Å². The third-order valence-corrected chi connectivity index (χ3v) is 2.82. The van der Waals surface area contributed by atoms with Gasteiger partial charge in [-0.25, -0.2) is 0 Å². The maximum Gasteiger partial charge on any atom is 0.111 e. The van der Waals surface area contributed by atoms with Crippen molar-refractivity contribution in [2.45, 2.75) is 57.8 Å². The molecular weight excluding hydrogens is 140 g/mol. The Kier molecular flexibility index (Phi) is 2.01. The van der Waals surface area contributed by atoms with E-state index >= 15 is 0 Å². The van der Waals surface area contributed by atoms with Crippen LogP contribution in [-0.4, -0.2) is 22.4 Å². The zero-order valence-corrected chi connectivity index (χ0v) is 7.85. The van der Waals surface area contributed by atoms with Crippen molar-refractivity contribution >= 4 is 0 Å². The average molecular weight is 158 g/mol. The Labute approximate surface area is 68.6 Å². The molecule has 1 fully saturated rings. The van der Waals surface area contributed by atoms with Gasteiger partial charge in [0.25, 0.3) is 0 Å². The standard InChI is InChI=1S/C9H18O2/c1-5-9(6-2)7(10)8(3,4)11-9/h7,10H,5-6H2,1-4H3. The molecule has 2 nitrogen and oxygen atoms in total. The van der Waals surface area contributed by atoms with Gasteiger partial charge in [-0.2, -0.15) is 0 Å². The third-order valence-electron chi connectivity index (χ3n) is 2.82. The largest absolute Gasteiger partial charge is 0.387 e. The molecule has 66 valence electrons. The Morgan fingerprint density at radius 2 is 1.73 bits per heavy atom. The summed E-state index contributed by atoms with van der Waals surface area (Å²) in [5.74, 6) is 0. The van der Waals surface area contributed by atoms with Gasteiger partial charge >= 0.3 is 0 Å². The Balaban J connectivity index is 2.66.